The van der Waals surface area contributed by atoms with Crippen molar-refractivity contribution >= 4 is 39.9 Å². The number of hydrogen-bond donors (Lipinski definition) is 1. The summed E-state index contributed by atoms with van der Waals surface area (Å²) in [4.78, 5) is 2.47. The van der Waals surface area contributed by atoms with Gasteiger partial charge < -0.3 is 5.32 Å². The van der Waals surface area contributed by atoms with Crippen LogP contribution < -0.4 is 5.32 Å². The Balaban J connectivity index is 0.00000144. The van der Waals surface area contributed by atoms with E-state index in [-0.39, 0.29) is 12.4 Å². The quantitative estimate of drug-likeness (QED) is 0.889. The summed E-state index contributed by atoms with van der Waals surface area (Å²) in [5.41, 5.74) is 1.31. The van der Waals surface area contributed by atoms with Crippen molar-refractivity contribution in [2.24, 2.45) is 0 Å². The van der Waals surface area contributed by atoms with Gasteiger partial charge in [0.1, 0.15) is 0 Å². The summed E-state index contributed by atoms with van der Waals surface area (Å²) in [6.45, 7) is 6.53. The Morgan fingerprint density at radius 3 is 2.94 bits per heavy atom. The Hall–Kier alpha value is 0.200. The molecule has 1 atom stereocenters. The number of rotatable bonds is 2. The minimum absolute atomic E-state index is 0. The standard InChI is InChI=1S/C12H16BrClN2.ClH/c1-9-7-16(5-4-15-9)8-10-2-3-12(14)11(13)6-10;/h2-3,6,9,15H,4-5,7-8H2,1H3;1H/t9-;/m1./s1. The van der Waals surface area contributed by atoms with E-state index in [4.69, 9.17) is 11.6 Å². The number of nitrogens with zero attached hydrogens (tertiary/aromatic N) is 1. The van der Waals surface area contributed by atoms with Gasteiger partial charge in [-0.1, -0.05) is 17.7 Å². The lowest BCUT2D eigenvalue weighted by Crippen LogP contribution is -2.48. The molecule has 2 rings (SSSR count). The smallest absolute Gasteiger partial charge is 0.0548 e. The van der Waals surface area contributed by atoms with Crippen molar-refractivity contribution in [1.82, 2.24) is 10.2 Å². The maximum atomic E-state index is 5.98. The van der Waals surface area contributed by atoms with Gasteiger partial charge in [-0.3, -0.25) is 4.90 Å². The van der Waals surface area contributed by atoms with E-state index >= 15 is 0 Å². The molecule has 0 aliphatic carbocycles. The summed E-state index contributed by atoms with van der Waals surface area (Å²) in [5.74, 6) is 0. The second-order valence-electron chi connectivity index (χ2n) is 4.34. The molecule has 1 saturated heterocycles. The van der Waals surface area contributed by atoms with E-state index in [2.05, 4.69) is 45.2 Å². The maximum Gasteiger partial charge on any atom is 0.0548 e. The molecule has 0 saturated carbocycles. The fourth-order valence-electron chi connectivity index (χ4n) is 2.05. The second kappa shape index (κ2) is 6.95. The van der Waals surface area contributed by atoms with Crippen LogP contribution in [0.1, 0.15) is 12.5 Å². The summed E-state index contributed by atoms with van der Waals surface area (Å²) in [5, 5.41) is 4.22. The molecule has 0 spiro atoms. The summed E-state index contributed by atoms with van der Waals surface area (Å²) in [6, 6.07) is 6.74. The van der Waals surface area contributed by atoms with Gasteiger partial charge in [-0.15, -0.1) is 12.4 Å². The van der Waals surface area contributed by atoms with Crippen LogP contribution in [0.25, 0.3) is 0 Å². The van der Waals surface area contributed by atoms with E-state index in [0.717, 1.165) is 35.7 Å². The molecule has 1 aliphatic rings. The predicted octanol–water partition coefficient (Wildman–Crippen LogP) is 3.32. The van der Waals surface area contributed by atoms with Crippen molar-refractivity contribution in [3.8, 4) is 0 Å². The SMILES string of the molecule is C[C@@H]1CN(Cc2ccc(Cl)c(Br)c2)CCN1.Cl. The highest BCUT2D eigenvalue weighted by molar-refractivity contribution is 9.10. The van der Waals surface area contributed by atoms with Crippen LogP contribution in [0, 0.1) is 0 Å². The van der Waals surface area contributed by atoms with Crippen molar-refractivity contribution in [3.05, 3.63) is 33.3 Å². The molecule has 2 nitrogen and oxygen atoms in total. The number of nitrogens with one attached hydrogen (secondary N) is 1. The van der Waals surface area contributed by atoms with Crippen molar-refractivity contribution in [2.75, 3.05) is 19.6 Å². The first kappa shape index (κ1) is 15.3. The molecular weight excluding hydrogens is 323 g/mol. The van der Waals surface area contributed by atoms with Crippen LogP contribution in [-0.2, 0) is 6.54 Å². The summed E-state index contributed by atoms with van der Waals surface area (Å²) in [7, 11) is 0. The monoisotopic (exact) mass is 338 g/mol. The zero-order valence-corrected chi connectivity index (χ0v) is 12.9. The molecule has 5 heteroatoms. The van der Waals surface area contributed by atoms with Gasteiger partial charge in [-0.25, -0.2) is 0 Å². The van der Waals surface area contributed by atoms with E-state index in [1.165, 1.54) is 5.56 Å². The molecule has 0 unspecified atom stereocenters. The van der Waals surface area contributed by atoms with Crippen LogP contribution in [0.2, 0.25) is 5.02 Å². The van der Waals surface area contributed by atoms with Gasteiger partial charge in [0.05, 0.1) is 5.02 Å². The molecular formula is C12H17BrCl2N2. The van der Waals surface area contributed by atoms with Crippen LogP contribution in [0.3, 0.4) is 0 Å². The number of halogens is 3. The number of piperazine rings is 1. The zero-order valence-electron chi connectivity index (χ0n) is 9.75. The molecule has 17 heavy (non-hydrogen) atoms. The Morgan fingerprint density at radius 2 is 2.29 bits per heavy atom. The van der Waals surface area contributed by atoms with Gasteiger partial charge in [0.25, 0.3) is 0 Å². The Bertz CT molecular complexity index is 374. The fourth-order valence-corrected chi connectivity index (χ4v) is 2.60. The van der Waals surface area contributed by atoms with Crippen LogP contribution >= 0.6 is 39.9 Å². The molecule has 96 valence electrons. The number of hydrogen-bond acceptors (Lipinski definition) is 2. The van der Waals surface area contributed by atoms with Crippen LogP contribution in [0.4, 0.5) is 0 Å². The average molecular weight is 340 g/mol. The topological polar surface area (TPSA) is 15.3 Å². The van der Waals surface area contributed by atoms with Gasteiger partial charge in [0.15, 0.2) is 0 Å². The molecule has 0 aromatic heterocycles. The fraction of sp³-hybridized carbons (Fsp3) is 0.500. The molecule has 1 N–H and O–H groups in total. The van der Waals surface area contributed by atoms with E-state index in [1.54, 1.807) is 0 Å². The van der Waals surface area contributed by atoms with Gasteiger partial charge >= 0.3 is 0 Å². The lowest BCUT2D eigenvalue weighted by molar-refractivity contribution is 0.199. The van der Waals surface area contributed by atoms with Gasteiger partial charge in [0, 0.05) is 36.7 Å². The van der Waals surface area contributed by atoms with Gasteiger partial charge in [-0.05, 0) is 40.5 Å². The van der Waals surface area contributed by atoms with Crippen molar-refractivity contribution in [1.29, 1.82) is 0 Å². The van der Waals surface area contributed by atoms with Gasteiger partial charge in [-0.2, -0.15) is 0 Å². The Labute approximate surface area is 122 Å². The molecule has 0 radical (unpaired) electrons. The molecule has 1 aromatic rings. The lowest BCUT2D eigenvalue weighted by Gasteiger charge is -2.31. The normalized spacial score (nSPS) is 21.0. The first-order chi connectivity index (χ1) is 7.65. The number of benzene rings is 1. The van der Waals surface area contributed by atoms with Crippen LogP contribution in [0.5, 0.6) is 0 Å². The third-order valence-electron chi connectivity index (χ3n) is 2.84. The van der Waals surface area contributed by atoms with Crippen molar-refractivity contribution in [3.63, 3.8) is 0 Å². The summed E-state index contributed by atoms with van der Waals surface area (Å²) in [6.07, 6.45) is 0. The average Bonchev–Trinajstić information content (AvgIpc) is 2.24. The molecule has 1 aliphatic heterocycles. The minimum Gasteiger partial charge on any atom is -0.312 e. The van der Waals surface area contributed by atoms with Crippen molar-refractivity contribution < 1.29 is 0 Å². The first-order valence-electron chi connectivity index (χ1n) is 5.55. The predicted molar refractivity (Wildman–Crippen MR) is 79.1 cm³/mol. The summed E-state index contributed by atoms with van der Waals surface area (Å²) < 4.78 is 0.981. The molecule has 0 amide bonds. The third kappa shape index (κ3) is 4.42. The first-order valence-corrected chi connectivity index (χ1v) is 6.72. The zero-order chi connectivity index (χ0) is 11.5. The Morgan fingerprint density at radius 1 is 1.53 bits per heavy atom. The molecule has 1 fully saturated rings. The summed E-state index contributed by atoms with van der Waals surface area (Å²) >= 11 is 9.44. The van der Waals surface area contributed by atoms with E-state index in [0.29, 0.717) is 6.04 Å². The Kier molecular flexibility index (Phi) is 6.24. The highest BCUT2D eigenvalue weighted by atomic mass is 79.9. The maximum absolute atomic E-state index is 5.98. The van der Waals surface area contributed by atoms with Crippen molar-refractivity contribution in [2.45, 2.75) is 19.5 Å². The second-order valence-corrected chi connectivity index (χ2v) is 5.60. The molecule has 0 bridgehead atoms. The highest BCUT2D eigenvalue weighted by Crippen LogP contribution is 2.23. The van der Waals surface area contributed by atoms with Crippen LogP contribution in [0.15, 0.2) is 22.7 Å². The largest absolute Gasteiger partial charge is 0.312 e. The highest BCUT2D eigenvalue weighted by Gasteiger charge is 2.15. The lowest BCUT2D eigenvalue weighted by atomic mass is 10.1. The van der Waals surface area contributed by atoms with E-state index < -0.39 is 0 Å². The van der Waals surface area contributed by atoms with Gasteiger partial charge in [0.2, 0.25) is 0 Å². The minimum atomic E-state index is 0. The van der Waals surface area contributed by atoms with E-state index in [9.17, 15) is 0 Å². The molecule has 1 aromatic carbocycles. The third-order valence-corrected chi connectivity index (χ3v) is 4.06. The van der Waals surface area contributed by atoms with Crippen LogP contribution in [-0.4, -0.2) is 30.6 Å². The molecule has 1 heterocycles. The van der Waals surface area contributed by atoms with E-state index in [1.807, 2.05) is 6.07 Å².